The number of nitrogens with two attached hydrogens (primary N) is 5. The maximum absolute atomic E-state index is 11.9. The lowest BCUT2D eigenvalue weighted by molar-refractivity contribution is -0.139. The zero-order chi connectivity index (χ0) is 95.3. The van der Waals surface area contributed by atoms with Crippen LogP contribution in [0.3, 0.4) is 0 Å². The van der Waals surface area contributed by atoms with Crippen molar-refractivity contribution in [1.29, 1.82) is 0 Å². The average molecular weight is 1810 g/mol. The molecule has 18 aromatic rings. The van der Waals surface area contributed by atoms with Gasteiger partial charge in [-0.1, -0.05) is 231 Å². The Hall–Kier alpha value is -17.6. The van der Waals surface area contributed by atoms with E-state index < -0.39 is 35.8 Å². The Morgan fingerprint density at radius 1 is 0.324 bits per heavy atom. The van der Waals surface area contributed by atoms with Gasteiger partial charge in [-0.15, -0.1) is 0 Å². The van der Waals surface area contributed by atoms with Crippen LogP contribution in [-0.4, -0.2) is 82.5 Å². The molecule has 25 nitrogen and oxygen atoms in total. The molecule has 0 saturated heterocycles. The van der Waals surface area contributed by atoms with Gasteiger partial charge in [-0.3, -0.25) is 4.79 Å². The van der Waals surface area contributed by atoms with E-state index in [9.17, 15) is 33.6 Å². The van der Waals surface area contributed by atoms with E-state index in [2.05, 4.69) is 144 Å². The minimum Gasteiger partial charge on any atom is -0.497 e. The first-order valence-corrected chi connectivity index (χ1v) is 43.1. The van der Waals surface area contributed by atoms with Crippen LogP contribution in [0.4, 0.5) is 0 Å². The van der Waals surface area contributed by atoms with Crippen molar-refractivity contribution in [1.82, 2.24) is 28.7 Å². The molecule has 0 radical (unpaired) electrons. The van der Waals surface area contributed by atoms with Gasteiger partial charge >= 0.3 is 35.8 Å². The molecule has 0 unspecified atom stereocenters. The molecular formula is C111H99N11O14. The number of nitrogens with one attached hydrogen (secondary N) is 3. The third-order valence-electron chi connectivity index (χ3n) is 21.9. The van der Waals surface area contributed by atoms with Gasteiger partial charge in [0.2, 0.25) is 0 Å². The van der Waals surface area contributed by atoms with Gasteiger partial charge in [-0.2, -0.15) is 29.5 Å². The molecule has 14 N–H and O–H groups in total. The molecule has 136 heavy (non-hydrogen) atoms. The molecule has 18 rings (SSSR count). The van der Waals surface area contributed by atoms with E-state index in [0.29, 0.717) is 0 Å². The molecule has 0 aliphatic carbocycles. The highest BCUT2D eigenvalue weighted by Gasteiger charge is 2.14. The predicted octanol–water partition coefficient (Wildman–Crippen LogP) is 19.3. The van der Waals surface area contributed by atoms with E-state index in [4.69, 9.17) is 39.3 Å². The van der Waals surface area contributed by atoms with Crippen LogP contribution in [-0.2, 0) is 103 Å². The van der Waals surface area contributed by atoms with Crippen molar-refractivity contribution < 1.29 is 67.6 Å². The summed E-state index contributed by atoms with van der Waals surface area (Å²) in [4.78, 5) is 108. The largest absolute Gasteiger partial charge is 0.497 e. The average Bonchev–Trinajstić information content (AvgIpc) is 1.62. The first kappa shape index (κ1) is 96.0. The number of fused-ring (bicyclic) bond motifs is 6. The van der Waals surface area contributed by atoms with Crippen molar-refractivity contribution in [2.24, 2.45) is 29.5 Å². The molecule has 682 valence electrons. The number of aromatic nitrogens is 6. The molecule has 0 aliphatic rings. The monoisotopic (exact) mass is 1810 g/mol. The van der Waals surface area contributed by atoms with E-state index in [0.717, 1.165) is 156 Å². The van der Waals surface area contributed by atoms with Crippen LogP contribution in [0.25, 0.3) is 95.8 Å². The van der Waals surface area contributed by atoms with Gasteiger partial charge in [-0.05, 0) is 217 Å². The summed E-state index contributed by atoms with van der Waals surface area (Å²) in [7, 11) is 1.65. The van der Waals surface area contributed by atoms with Crippen LogP contribution in [0.2, 0.25) is 0 Å². The highest BCUT2D eigenvalue weighted by Crippen LogP contribution is 2.30. The maximum Gasteiger partial charge on any atom is 0.349 e. The number of carbonyl (C=O) groups excluding carboxylic acids is 6. The Morgan fingerprint density at radius 2 is 0.735 bits per heavy atom. The Bertz CT molecular complexity index is 7270. The number of carboxylic acids is 1. The summed E-state index contributed by atoms with van der Waals surface area (Å²) < 4.78 is 11.7. The fraction of sp³-hybridized carbons (Fsp3) is 0.0721. The topological polar surface area (TPSA) is 387 Å². The van der Waals surface area contributed by atoms with E-state index in [1.807, 2.05) is 249 Å². The van der Waals surface area contributed by atoms with Gasteiger partial charge in [0, 0.05) is 149 Å². The number of rotatable bonds is 27. The zero-order valence-electron chi connectivity index (χ0n) is 74.2. The molecular weight excluding hydrogens is 1710 g/mol. The van der Waals surface area contributed by atoms with Gasteiger partial charge < -0.3 is 62.7 Å². The Balaban J connectivity index is 0.000000138. The van der Waals surface area contributed by atoms with Crippen LogP contribution >= 0.6 is 0 Å². The summed E-state index contributed by atoms with van der Waals surface area (Å²) in [6, 6.07) is 101. The molecule has 6 heterocycles. The van der Waals surface area contributed by atoms with E-state index in [-0.39, 0.29) is 12.2 Å². The molecule has 0 bridgehead atoms. The minimum absolute atomic E-state index is 0.187. The first-order chi connectivity index (χ1) is 66.4. The number of hydrogen-bond acceptors (Lipinski definition) is 18. The fourth-order valence-corrected chi connectivity index (χ4v) is 15.3. The number of carboxylic acid groups (broad SMARTS) is 1. The Labute approximate surface area is 783 Å². The molecule has 0 aliphatic heterocycles. The van der Waals surface area contributed by atoms with Gasteiger partial charge in [0.15, 0.2) is 5.78 Å². The minimum atomic E-state index is -0.934. The molecule has 6 aromatic heterocycles. The highest BCUT2D eigenvalue weighted by molar-refractivity contribution is 5.99. The van der Waals surface area contributed by atoms with Gasteiger partial charge in [0.25, 0.3) is 0 Å². The van der Waals surface area contributed by atoms with Crippen molar-refractivity contribution in [3.8, 4) is 5.75 Å². The van der Waals surface area contributed by atoms with Crippen molar-refractivity contribution in [2.45, 2.75) is 45.3 Å². The molecule has 25 heteroatoms. The second-order valence-electron chi connectivity index (χ2n) is 31.1. The first-order valence-electron chi connectivity index (χ1n) is 43.1. The molecule has 0 fully saturated rings. The number of benzene rings is 12. The van der Waals surface area contributed by atoms with Crippen molar-refractivity contribution >= 4 is 137 Å². The van der Waals surface area contributed by atoms with Crippen LogP contribution in [0.1, 0.15) is 83.5 Å². The van der Waals surface area contributed by atoms with Gasteiger partial charge in [0.05, 0.1) is 18.1 Å². The summed E-state index contributed by atoms with van der Waals surface area (Å²) in [5.74, 6) is 20.7. The number of H-pyrrole nitrogens is 3. The van der Waals surface area contributed by atoms with Crippen LogP contribution in [0.5, 0.6) is 5.75 Å². The Kier molecular flexibility index (Phi) is 34.5. The normalized spacial score (nSPS) is 11.1. The number of ether oxygens (including phenoxy) is 1. The Morgan fingerprint density at radius 3 is 1.29 bits per heavy atom. The third-order valence-corrected chi connectivity index (χ3v) is 21.9. The number of allylic oxidation sites excluding steroid dienone is 1. The third kappa shape index (κ3) is 27.7. The van der Waals surface area contributed by atoms with Gasteiger partial charge in [0.1, 0.15) is 5.75 Å². The maximum atomic E-state index is 11.9. The van der Waals surface area contributed by atoms with Crippen LogP contribution in [0, 0.1) is 0 Å². The smallest absolute Gasteiger partial charge is 0.349 e. The molecule has 0 spiro atoms. The molecule has 0 atom stereocenters. The van der Waals surface area contributed by atoms with Crippen molar-refractivity contribution in [3.63, 3.8) is 0 Å². The van der Waals surface area contributed by atoms with Crippen molar-refractivity contribution in [3.05, 3.63) is 466 Å². The lowest BCUT2D eigenvalue weighted by Gasteiger charge is -2.09. The molecule has 12 aromatic carbocycles. The number of aliphatic carboxylic acids is 1. The summed E-state index contributed by atoms with van der Waals surface area (Å²) in [5.41, 5.74) is 23.0. The summed E-state index contributed by atoms with van der Waals surface area (Å²) in [5, 5.41) is 15.4. The number of nitrogens with zero attached hydrogens (tertiary/aromatic N) is 3. The van der Waals surface area contributed by atoms with Crippen molar-refractivity contribution in [2.75, 3.05) is 7.11 Å². The standard InChI is InChI=1S/C20H18N2O3.C19H18N2O3.3C18H16N2O2.C18H15NO2/c21-25-20(24)9-7-18(23)13-16-6-8-19-17(12-16)10-11-22(19)14-15-4-2-1-3-5-15;1-23-17-8-5-14(6-9-17)13-21-12-11-16-4-2-3-15(19(16)21)7-10-18(22)24-20;19-22-17(21)10-9-14-7-4-8-16-15(12-20-18(14)16)11-13-5-2-1-3-6-13;19-22-18(21)9-7-14-6-8-17-16(11-14)15(12-20-17)10-13-4-2-1-3-5-13;19-22-18(21)9-7-14-6-8-16-15(12-20-17(16)11-14)10-13-4-2-1-3-5-13;20-18(21)9-7-14-6-8-17-16(12-14)10-11-19(17)13-15-4-2-1-3-5-15/h1-12H,13-14,21H2;2-12H,13,20H2,1H3;1-10,12,20H,11,19H2;2*1-9,11-12,20H,10,19H2;1-12H,13H2,(H,20,21)/b9-7+;10-7+;10-9+;3*9-7+. The zero-order valence-corrected chi connectivity index (χ0v) is 74.2. The number of hydrogen-bond donors (Lipinski definition) is 9. The quantitative estimate of drug-likeness (QED) is 0.0170. The number of methoxy groups -OCH3 is 1. The van der Waals surface area contributed by atoms with Gasteiger partial charge in [-0.25, -0.2) is 28.8 Å². The highest BCUT2D eigenvalue weighted by atomic mass is 16.7. The predicted molar refractivity (Wildman–Crippen MR) is 534 cm³/mol. The summed E-state index contributed by atoms with van der Waals surface area (Å²) >= 11 is 0. The molecule has 0 amide bonds. The SMILES string of the molecule is COc1ccc(Cn2ccc3cccc(/C=C/C(=O)ON)c32)cc1.NOC(=O)/C=C/C(=O)Cc1ccc2c(ccn2Cc2ccccc2)c1.NOC(=O)/C=C/c1ccc2[nH]cc(Cc3ccccc3)c2c1.NOC(=O)/C=C/c1ccc2c(Cc3ccccc3)c[nH]c2c1.NOC(=O)/C=C/c1cccc2c(Cc3ccccc3)c[nH]c12.O=C(O)/C=C/c1ccc2c(ccn2Cc2ccccc2)c1. The number of ketones is 1. The van der Waals surface area contributed by atoms with Crippen LogP contribution < -0.4 is 34.2 Å². The summed E-state index contributed by atoms with van der Waals surface area (Å²) in [6.07, 6.45) is 32.0. The number of carbonyl (C=O) groups is 7. The lowest BCUT2D eigenvalue weighted by Crippen LogP contribution is -2.07. The summed E-state index contributed by atoms with van der Waals surface area (Å²) in [6.45, 7) is 2.35. The number of para-hydroxylation sites is 2. The van der Waals surface area contributed by atoms with E-state index >= 15 is 0 Å². The molecule has 0 saturated carbocycles. The second kappa shape index (κ2) is 48.9. The van der Waals surface area contributed by atoms with E-state index in [1.165, 1.54) is 80.3 Å². The fourth-order valence-electron chi connectivity index (χ4n) is 15.3. The van der Waals surface area contributed by atoms with Crippen LogP contribution in [0.15, 0.2) is 383 Å². The van der Waals surface area contributed by atoms with E-state index in [1.54, 1.807) is 37.5 Å². The lowest BCUT2D eigenvalue weighted by atomic mass is 10.0. The number of aromatic amines is 3. The second-order valence-corrected chi connectivity index (χ2v) is 31.1.